The third kappa shape index (κ3) is 2.40. The van der Waals surface area contributed by atoms with Crippen molar-refractivity contribution in [3.05, 3.63) is 75.4 Å². The summed E-state index contributed by atoms with van der Waals surface area (Å²) in [6, 6.07) is 12.5. The van der Waals surface area contributed by atoms with Gasteiger partial charge in [0.05, 0.1) is 16.1 Å². The summed E-state index contributed by atoms with van der Waals surface area (Å²) in [7, 11) is 0. The molecule has 0 aliphatic heterocycles. The van der Waals surface area contributed by atoms with Gasteiger partial charge in [0.15, 0.2) is 0 Å². The van der Waals surface area contributed by atoms with Crippen molar-refractivity contribution in [2.24, 2.45) is 5.73 Å². The van der Waals surface area contributed by atoms with Crippen LogP contribution in [0.5, 0.6) is 0 Å². The minimum absolute atomic E-state index is 0.305. The van der Waals surface area contributed by atoms with Crippen LogP contribution in [0.25, 0.3) is 16.5 Å². The molecule has 0 saturated heterocycles. The number of fused-ring (bicyclic) bond motifs is 1. The maximum Gasteiger partial charge on any atom is 0.264 e. The highest BCUT2D eigenvalue weighted by molar-refractivity contribution is 6.35. The largest absolute Gasteiger partial charge is 0.323 e. The monoisotopic (exact) mass is 316 g/mol. The van der Waals surface area contributed by atoms with Gasteiger partial charge in [0.2, 0.25) is 0 Å². The summed E-state index contributed by atoms with van der Waals surface area (Å²) >= 11 is 6.17. The molecule has 0 spiro atoms. The number of halogens is 2. The van der Waals surface area contributed by atoms with Crippen LogP contribution in [0, 0.1) is 5.82 Å². The first-order valence-electron chi connectivity index (χ1n) is 6.85. The van der Waals surface area contributed by atoms with E-state index in [0.717, 1.165) is 5.39 Å². The van der Waals surface area contributed by atoms with Crippen LogP contribution < -0.4 is 11.3 Å². The van der Waals surface area contributed by atoms with Crippen molar-refractivity contribution in [1.82, 2.24) is 4.57 Å². The minimum atomic E-state index is -0.417. The van der Waals surface area contributed by atoms with Gasteiger partial charge in [-0.15, -0.1) is 0 Å². The molecule has 0 amide bonds. The van der Waals surface area contributed by atoms with Gasteiger partial charge in [-0.3, -0.25) is 9.36 Å². The fraction of sp³-hybridized carbons (Fsp3) is 0.118. The number of benzene rings is 2. The maximum absolute atomic E-state index is 13.5. The lowest BCUT2D eigenvalue weighted by Crippen LogP contribution is -2.25. The Kier molecular flexibility index (Phi) is 3.72. The molecule has 2 aromatic carbocycles. The lowest BCUT2D eigenvalue weighted by Gasteiger charge is -2.17. The summed E-state index contributed by atoms with van der Waals surface area (Å²) < 4.78 is 15.0. The van der Waals surface area contributed by atoms with Crippen molar-refractivity contribution in [1.29, 1.82) is 0 Å². The van der Waals surface area contributed by atoms with Crippen molar-refractivity contribution < 1.29 is 4.39 Å². The molecule has 1 unspecified atom stereocenters. The van der Waals surface area contributed by atoms with Gasteiger partial charge in [0, 0.05) is 11.7 Å². The number of hydrogen-bond acceptors (Lipinski definition) is 2. The van der Waals surface area contributed by atoms with Gasteiger partial charge < -0.3 is 5.73 Å². The molecule has 1 aromatic heterocycles. The van der Waals surface area contributed by atoms with Crippen LogP contribution in [-0.2, 0) is 0 Å². The van der Waals surface area contributed by atoms with Gasteiger partial charge in [-0.25, -0.2) is 4.39 Å². The second kappa shape index (κ2) is 5.55. The maximum atomic E-state index is 13.5. The first-order valence-corrected chi connectivity index (χ1v) is 7.22. The lowest BCUT2D eigenvalue weighted by molar-refractivity contribution is 0.625. The van der Waals surface area contributed by atoms with E-state index >= 15 is 0 Å². The van der Waals surface area contributed by atoms with Crippen LogP contribution in [0.2, 0.25) is 5.02 Å². The summed E-state index contributed by atoms with van der Waals surface area (Å²) in [6.07, 6.45) is 0. The molecule has 1 atom stereocenters. The van der Waals surface area contributed by atoms with Crippen molar-refractivity contribution >= 4 is 22.4 Å². The van der Waals surface area contributed by atoms with Crippen molar-refractivity contribution in [2.75, 3.05) is 0 Å². The summed E-state index contributed by atoms with van der Waals surface area (Å²) in [6.45, 7) is 1.78. The Bertz CT molecular complexity index is 918. The molecule has 1 heterocycles. The molecule has 3 aromatic rings. The van der Waals surface area contributed by atoms with E-state index in [0.29, 0.717) is 21.8 Å². The average molecular weight is 317 g/mol. The zero-order chi connectivity index (χ0) is 15.9. The van der Waals surface area contributed by atoms with Crippen LogP contribution in [0.4, 0.5) is 4.39 Å². The second-order valence-electron chi connectivity index (χ2n) is 5.18. The molecule has 5 heteroatoms. The van der Waals surface area contributed by atoms with E-state index in [1.54, 1.807) is 31.2 Å². The Hall–Kier alpha value is -2.17. The van der Waals surface area contributed by atoms with Crippen LogP contribution in [0.1, 0.15) is 18.7 Å². The van der Waals surface area contributed by atoms with E-state index in [9.17, 15) is 9.18 Å². The lowest BCUT2D eigenvalue weighted by atomic mass is 10.1. The fourth-order valence-electron chi connectivity index (χ4n) is 2.56. The van der Waals surface area contributed by atoms with E-state index < -0.39 is 5.82 Å². The Labute approximate surface area is 131 Å². The number of rotatable bonds is 2. The van der Waals surface area contributed by atoms with Crippen LogP contribution in [0.15, 0.2) is 53.3 Å². The molecule has 0 saturated carbocycles. The molecular weight excluding hydrogens is 303 g/mol. The topological polar surface area (TPSA) is 48.0 Å². The Morgan fingerprint density at radius 2 is 1.91 bits per heavy atom. The van der Waals surface area contributed by atoms with Crippen LogP contribution in [0.3, 0.4) is 0 Å². The first kappa shape index (κ1) is 14.8. The number of nitrogens with zero attached hydrogens (tertiary/aromatic N) is 1. The second-order valence-corrected chi connectivity index (χ2v) is 5.59. The Balaban J connectivity index is 2.46. The molecule has 0 aliphatic carbocycles. The molecule has 112 valence electrons. The van der Waals surface area contributed by atoms with Gasteiger partial charge in [-0.05, 0) is 42.6 Å². The third-order valence-electron chi connectivity index (χ3n) is 3.56. The standard InChI is InChI=1S/C17H14ClFN2O/c1-10(20)15-8-11-4-2-7-14(18)16(11)17(22)21(15)13-6-3-5-12(19)9-13/h2-10H,20H2,1H3. The fourth-order valence-corrected chi connectivity index (χ4v) is 2.82. The average Bonchev–Trinajstić information content (AvgIpc) is 2.46. The highest BCUT2D eigenvalue weighted by Crippen LogP contribution is 2.24. The van der Waals surface area contributed by atoms with E-state index in [1.165, 1.54) is 16.7 Å². The van der Waals surface area contributed by atoms with Gasteiger partial charge >= 0.3 is 0 Å². The van der Waals surface area contributed by atoms with E-state index in [2.05, 4.69) is 0 Å². The summed E-state index contributed by atoms with van der Waals surface area (Å²) in [5, 5.41) is 1.49. The first-order chi connectivity index (χ1) is 10.5. The summed E-state index contributed by atoms with van der Waals surface area (Å²) in [4.78, 5) is 12.9. The zero-order valence-corrected chi connectivity index (χ0v) is 12.6. The summed E-state index contributed by atoms with van der Waals surface area (Å²) in [5.74, 6) is -0.417. The number of nitrogens with two attached hydrogens (primary N) is 1. The van der Waals surface area contributed by atoms with E-state index in [-0.39, 0.29) is 11.6 Å². The normalized spacial score (nSPS) is 12.5. The van der Waals surface area contributed by atoms with Crippen molar-refractivity contribution in [2.45, 2.75) is 13.0 Å². The summed E-state index contributed by atoms with van der Waals surface area (Å²) in [5.41, 5.74) is 6.73. The van der Waals surface area contributed by atoms with Crippen molar-refractivity contribution in [3.8, 4) is 5.69 Å². The number of aromatic nitrogens is 1. The van der Waals surface area contributed by atoms with Gasteiger partial charge in [0.25, 0.3) is 5.56 Å². The molecule has 0 radical (unpaired) electrons. The molecule has 2 N–H and O–H groups in total. The van der Waals surface area contributed by atoms with Crippen LogP contribution >= 0.6 is 11.6 Å². The number of hydrogen-bond donors (Lipinski definition) is 1. The Morgan fingerprint density at radius 3 is 2.59 bits per heavy atom. The molecule has 22 heavy (non-hydrogen) atoms. The van der Waals surface area contributed by atoms with Gasteiger partial charge in [-0.1, -0.05) is 29.8 Å². The molecule has 0 fully saturated rings. The van der Waals surface area contributed by atoms with E-state index in [4.69, 9.17) is 17.3 Å². The zero-order valence-electron chi connectivity index (χ0n) is 11.9. The smallest absolute Gasteiger partial charge is 0.264 e. The molecular formula is C17H14ClFN2O. The van der Waals surface area contributed by atoms with Crippen LogP contribution in [-0.4, -0.2) is 4.57 Å². The van der Waals surface area contributed by atoms with Crippen molar-refractivity contribution in [3.63, 3.8) is 0 Å². The Morgan fingerprint density at radius 1 is 1.18 bits per heavy atom. The predicted molar refractivity (Wildman–Crippen MR) is 87.1 cm³/mol. The van der Waals surface area contributed by atoms with Gasteiger partial charge in [-0.2, -0.15) is 0 Å². The highest BCUT2D eigenvalue weighted by atomic mass is 35.5. The molecule has 3 rings (SSSR count). The molecule has 3 nitrogen and oxygen atoms in total. The quantitative estimate of drug-likeness (QED) is 0.781. The molecule has 0 aliphatic rings. The third-order valence-corrected chi connectivity index (χ3v) is 3.87. The highest BCUT2D eigenvalue weighted by Gasteiger charge is 2.15. The minimum Gasteiger partial charge on any atom is -0.323 e. The predicted octanol–water partition coefficient (Wildman–Crippen LogP) is 3.80. The number of pyridine rings is 1. The SMILES string of the molecule is CC(N)c1cc2cccc(Cl)c2c(=O)n1-c1cccc(F)c1. The molecule has 0 bridgehead atoms. The van der Waals surface area contributed by atoms with Gasteiger partial charge in [0.1, 0.15) is 5.82 Å². The van der Waals surface area contributed by atoms with E-state index in [1.807, 2.05) is 12.1 Å².